The molecule has 0 atom stereocenters. The summed E-state index contributed by atoms with van der Waals surface area (Å²) < 4.78 is 3.91. The van der Waals surface area contributed by atoms with Gasteiger partial charge in [0.2, 0.25) is 0 Å². The van der Waals surface area contributed by atoms with Crippen LogP contribution in [0.15, 0.2) is 48.2 Å². The van der Waals surface area contributed by atoms with Gasteiger partial charge in [-0.15, -0.1) is 11.3 Å². The van der Waals surface area contributed by atoms with E-state index in [9.17, 15) is 9.90 Å². The number of thiazole rings is 1. The summed E-state index contributed by atoms with van der Waals surface area (Å²) >= 11 is 1.58. The molecular weight excluding hydrogens is 286 g/mol. The van der Waals surface area contributed by atoms with Crippen LogP contribution in [0.5, 0.6) is 0 Å². The third-order valence-electron chi connectivity index (χ3n) is 3.49. The smallest absolute Gasteiger partial charge is 0.337 e. The van der Waals surface area contributed by atoms with E-state index in [4.69, 9.17) is 0 Å². The van der Waals surface area contributed by atoms with Crippen molar-refractivity contribution in [1.82, 2.24) is 14.0 Å². The Hall–Kier alpha value is -2.60. The van der Waals surface area contributed by atoms with Gasteiger partial charge in [0.1, 0.15) is 0 Å². The van der Waals surface area contributed by atoms with E-state index in [0.29, 0.717) is 12.1 Å². The molecule has 6 heteroatoms. The van der Waals surface area contributed by atoms with Crippen molar-refractivity contribution in [2.75, 3.05) is 0 Å². The van der Waals surface area contributed by atoms with Crippen molar-refractivity contribution in [3.05, 3.63) is 59.5 Å². The molecule has 0 fully saturated rings. The number of hydrogen-bond acceptors (Lipinski definition) is 3. The first-order valence-corrected chi connectivity index (χ1v) is 7.32. The number of hydrogen-bond donors (Lipinski definition) is 1. The van der Waals surface area contributed by atoms with E-state index in [2.05, 4.69) is 4.98 Å². The van der Waals surface area contributed by atoms with Gasteiger partial charge in [0.05, 0.1) is 17.8 Å². The van der Waals surface area contributed by atoms with Crippen LogP contribution < -0.4 is 0 Å². The third kappa shape index (κ3) is 1.92. The van der Waals surface area contributed by atoms with Crippen LogP contribution in [0, 0.1) is 0 Å². The number of carboxylic acids is 1. The SMILES string of the molecule is O=C(O)c1cn(Cc2cn3ccsc3n2)c2ccccc12. The summed E-state index contributed by atoms with van der Waals surface area (Å²) in [4.78, 5) is 16.8. The van der Waals surface area contributed by atoms with Crippen molar-refractivity contribution in [3.8, 4) is 0 Å². The number of aromatic nitrogens is 3. The molecule has 0 unspecified atom stereocenters. The molecule has 0 aliphatic heterocycles. The van der Waals surface area contributed by atoms with E-state index >= 15 is 0 Å². The monoisotopic (exact) mass is 297 g/mol. The molecule has 0 aliphatic carbocycles. The van der Waals surface area contributed by atoms with Gasteiger partial charge in [0.15, 0.2) is 4.96 Å². The van der Waals surface area contributed by atoms with Crippen LogP contribution in [0.25, 0.3) is 15.9 Å². The topological polar surface area (TPSA) is 59.5 Å². The number of carbonyl (C=O) groups is 1. The third-order valence-corrected chi connectivity index (χ3v) is 4.27. The Morgan fingerprint density at radius 1 is 1.29 bits per heavy atom. The lowest BCUT2D eigenvalue weighted by Gasteiger charge is -2.01. The molecule has 0 saturated carbocycles. The summed E-state index contributed by atoms with van der Waals surface area (Å²) in [6.45, 7) is 0.558. The molecule has 4 aromatic rings. The number of imidazole rings is 1. The van der Waals surface area contributed by atoms with Crippen molar-refractivity contribution in [1.29, 1.82) is 0 Å². The molecule has 0 amide bonds. The Morgan fingerprint density at radius 2 is 2.14 bits per heavy atom. The highest BCUT2D eigenvalue weighted by Crippen LogP contribution is 2.22. The van der Waals surface area contributed by atoms with Crippen LogP contribution in [-0.4, -0.2) is 25.0 Å². The number of aromatic carboxylic acids is 1. The normalized spacial score (nSPS) is 11.4. The summed E-state index contributed by atoms with van der Waals surface area (Å²) in [5.41, 5.74) is 2.15. The van der Waals surface area contributed by atoms with E-state index in [1.54, 1.807) is 17.5 Å². The second-order valence-electron chi connectivity index (χ2n) is 4.82. The lowest BCUT2D eigenvalue weighted by atomic mass is 10.2. The first-order valence-electron chi connectivity index (χ1n) is 6.44. The van der Waals surface area contributed by atoms with Gasteiger partial charge in [-0.1, -0.05) is 18.2 Å². The van der Waals surface area contributed by atoms with Crippen molar-refractivity contribution in [2.24, 2.45) is 0 Å². The van der Waals surface area contributed by atoms with Gasteiger partial charge in [-0.2, -0.15) is 0 Å². The highest BCUT2D eigenvalue weighted by Gasteiger charge is 2.14. The van der Waals surface area contributed by atoms with E-state index in [-0.39, 0.29) is 0 Å². The summed E-state index contributed by atoms with van der Waals surface area (Å²) in [5, 5.41) is 12.1. The molecule has 21 heavy (non-hydrogen) atoms. The number of para-hydroxylation sites is 1. The van der Waals surface area contributed by atoms with Gasteiger partial charge in [-0.05, 0) is 6.07 Å². The molecule has 4 rings (SSSR count). The van der Waals surface area contributed by atoms with Crippen molar-refractivity contribution < 1.29 is 9.90 Å². The fourth-order valence-corrected chi connectivity index (χ4v) is 3.29. The molecule has 5 nitrogen and oxygen atoms in total. The summed E-state index contributed by atoms with van der Waals surface area (Å²) in [5.74, 6) is -0.907. The quantitative estimate of drug-likeness (QED) is 0.632. The summed E-state index contributed by atoms with van der Waals surface area (Å²) in [7, 11) is 0. The van der Waals surface area contributed by atoms with Gasteiger partial charge in [-0.25, -0.2) is 9.78 Å². The number of fused-ring (bicyclic) bond motifs is 2. The van der Waals surface area contributed by atoms with Gasteiger partial charge in [0, 0.05) is 34.9 Å². The fraction of sp³-hybridized carbons (Fsp3) is 0.0667. The Balaban J connectivity index is 1.82. The Morgan fingerprint density at radius 3 is 2.95 bits per heavy atom. The molecule has 104 valence electrons. The van der Waals surface area contributed by atoms with Crippen LogP contribution in [0.3, 0.4) is 0 Å². The van der Waals surface area contributed by atoms with Gasteiger partial charge in [0.25, 0.3) is 0 Å². The summed E-state index contributed by atoms with van der Waals surface area (Å²) in [6.07, 6.45) is 5.62. The molecule has 3 heterocycles. The molecule has 0 spiro atoms. The van der Waals surface area contributed by atoms with Gasteiger partial charge >= 0.3 is 5.97 Å². The minimum absolute atomic E-state index is 0.326. The standard InChI is InChI=1S/C15H11N3O2S/c19-14(20)12-9-18(13-4-2-1-3-11(12)13)8-10-7-17-5-6-21-15(17)16-10/h1-7,9H,8H2,(H,19,20). The van der Waals surface area contributed by atoms with Gasteiger partial charge < -0.3 is 9.67 Å². The molecule has 1 N–H and O–H groups in total. The van der Waals surface area contributed by atoms with Crippen molar-refractivity contribution in [3.63, 3.8) is 0 Å². The lowest BCUT2D eigenvalue weighted by Crippen LogP contribution is -1.99. The molecule has 0 aliphatic rings. The molecule has 1 aromatic carbocycles. The van der Waals surface area contributed by atoms with Crippen LogP contribution in [0.2, 0.25) is 0 Å². The van der Waals surface area contributed by atoms with Gasteiger partial charge in [-0.3, -0.25) is 4.40 Å². The number of benzene rings is 1. The largest absolute Gasteiger partial charge is 0.478 e. The van der Waals surface area contributed by atoms with Crippen LogP contribution in [-0.2, 0) is 6.54 Å². The average Bonchev–Trinajstić information content (AvgIpc) is 3.12. The fourth-order valence-electron chi connectivity index (χ4n) is 2.57. The van der Waals surface area contributed by atoms with E-state index in [1.165, 1.54) is 0 Å². The first kappa shape index (κ1) is 12.2. The molecule has 0 radical (unpaired) electrons. The maximum Gasteiger partial charge on any atom is 0.337 e. The lowest BCUT2D eigenvalue weighted by molar-refractivity contribution is 0.0699. The zero-order valence-corrected chi connectivity index (χ0v) is 11.7. The van der Waals surface area contributed by atoms with E-state index in [0.717, 1.165) is 21.6 Å². The second kappa shape index (κ2) is 4.46. The number of nitrogens with zero attached hydrogens (tertiary/aromatic N) is 3. The number of rotatable bonds is 3. The molecular formula is C15H11N3O2S. The maximum atomic E-state index is 11.3. The van der Waals surface area contributed by atoms with Crippen molar-refractivity contribution in [2.45, 2.75) is 6.54 Å². The first-order chi connectivity index (χ1) is 10.2. The average molecular weight is 297 g/mol. The second-order valence-corrected chi connectivity index (χ2v) is 5.69. The van der Waals surface area contributed by atoms with E-state index < -0.39 is 5.97 Å². The van der Waals surface area contributed by atoms with Crippen LogP contribution >= 0.6 is 11.3 Å². The Bertz CT molecular complexity index is 935. The Labute approximate surface area is 123 Å². The maximum absolute atomic E-state index is 11.3. The zero-order valence-electron chi connectivity index (χ0n) is 10.9. The Kier molecular flexibility index (Phi) is 2.58. The molecule has 3 aromatic heterocycles. The minimum atomic E-state index is -0.907. The number of carboxylic acid groups (broad SMARTS) is 1. The van der Waals surface area contributed by atoms with E-state index in [1.807, 2.05) is 51.0 Å². The predicted molar refractivity (Wildman–Crippen MR) is 81.1 cm³/mol. The molecule has 0 bridgehead atoms. The highest BCUT2D eigenvalue weighted by molar-refractivity contribution is 7.15. The van der Waals surface area contributed by atoms with Crippen molar-refractivity contribution >= 4 is 33.2 Å². The highest BCUT2D eigenvalue weighted by atomic mass is 32.1. The zero-order chi connectivity index (χ0) is 14.4. The minimum Gasteiger partial charge on any atom is -0.478 e. The molecule has 0 saturated heterocycles. The summed E-state index contributed by atoms with van der Waals surface area (Å²) in [6, 6.07) is 7.53. The van der Waals surface area contributed by atoms with Crippen LogP contribution in [0.4, 0.5) is 0 Å². The van der Waals surface area contributed by atoms with Crippen LogP contribution in [0.1, 0.15) is 16.1 Å². The predicted octanol–water partition coefficient (Wildman–Crippen LogP) is 3.10.